The zero-order valence-corrected chi connectivity index (χ0v) is 11.4. The Balaban J connectivity index is 3.04. The van der Waals surface area contributed by atoms with E-state index in [-0.39, 0.29) is 0 Å². The van der Waals surface area contributed by atoms with Crippen LogP contribution in [-0.4, -0.2) is 6.61 Å². The van der Waals surface area contributed by atoms with Crippen LogP contribution in [0.3, 0.4) is 0 Å². The summed E-state index contributed by atoms with van der Waals surface area (Å²) in [5, 5.41) is 0. The lowest BCUT2D eigenvalue weighted by atomic mass is 9.97. The third-order valence-electron chi connectivity index (χ3n) is 2.74. The predicted molar refractivity (Wildman–Crippen MR) is 78.5 cm³/mol. The van der Waals surface area contributed by atoms with Crippen LogP contribution in [0.1, 0.15) is 32.8 Å². The number of allylic oxidation sites excluding steroid dienone is 4. The Labute approximate surface area is 110 Å². The van der Waals surface area contributed by atoms with Gasteiger partial charge in [-0.15, -0.1) is 6.42 Å². The molecule has 1 aromatic carbocycles. The quantitative estimate of drug-likeness (QED) is 0.545. The minimum absolute atomic E-state index is 0.685. The van der Waals surface area contributed by atoms with Gasteiger partial charge in [0.15, 0.2) is 0 Å². The van der Waals surface area contributed by atoms with Crippen molar-refractivity contribution in [1.29, 1.82) is 0 Å². The fourth-order valence-electron chi connectivity index (χ4n) is 1.73. The molecule has 0 bridgehead atoms. The minimum atomic E-state index is 0.685. The van der Waals surface area contributed by atoms with Gasteiger partial charge in [-0.3, -0.25) is 0 Å². The van der Waals surface area contributed by atoms with Gasteiger partial charge in [-0.25, -0.2) is 0 Å². The number of hydrogen-bond acceptors (Lipinski definition) is 1. The second-order valence-corrected chi connectivity index (χ2v) is 3.98. The zero-order valence-electron chi connectivity index (χ0n) is 11.4. The number of rotatable bonds is 5. The second-order valence-electron chi connectivity index (χ2n) is 3.98. The lowest BCUT2D eigenvalue weighted by molar-refractivity contribution is 0.340. The van der Waals surface area contributed by atoms with E-state index in [9.17, 15) is 0 Å². The van der Waals surface area contributed by atoms with Gasteiger partial charge in [0.05, 0.1) is 6.61 Å². The highest BCUT2D eigenvalue weighted by Crippen LogP contribution is 2.24. The van der Waals surface area contributed by atoms with Crippen molar-refractivity contribution in [2.45, 2.75) is 27.2 Å². The molecule has 0 saturated carbocycles. The maximum atomic E-state index is 5.50. The van der Waals surface area contributed by atoms with Gasteiger partial charge in [0.2, 0.25) is 0 Å². The minimum Gasteiger partial charge on any atom is -0.494 e. The molecule has 0 saturated heterocycles. The van der Waals surface area contributed by atoms with E-state index in [2.05, 4.69) is 24.1 Å². The van der Waals surface area contributed by atoms with Gasteiger partial charge in [-0.05, 0) is 50.5 Å². The summed E-state index contributed by atoms with van der Waals surface area (Å²) in [5.41, 5.74) is 3.34. The Kier molecular flexibility index (Phi) is 5.80. The van der Waals surface area contributed by atoms with Crippen molar-refractivity contribution < 1.29 is 4.74 Å². The van der Waals surface area contributed by atoms with Gasteiger partial charge in [0.1, 0.15) is 5.75 Å². The van der Waals surface area contributed by atoms with Gasteiger partial charge in [0.25, 0.3) is 0 Å². The largest absolute Gasteiger partial charge is 0.494 e. The summed E-state index contributed by atoms with van der Waals surface area (Å²) in [7, 11) is 0. The van der Waals surface area contributed by atoms with E-state index in [1.807, 2.05) is 39.0 Å². The first kappa shape index (κ1) is 14.1. The lowest BCUT2D eigenvalue weighted by Gasteiger charge is -2.09. The molecule has 0 aliphatic carbocycles. The Bertz CT molecular complexity index is 469. The van der Waals surface area contributed by atoms with Crippen molar-refractivity contribution in [2.75, 3.05) is 6.61 Å². The third kappa shape index (κ3) is 3.82. The Morgan fingerprint density at radius 1 is 1.33 bits per heavy atom. The van der Waals surface area contributed by atoms with Gasteiger partial charge in [-0.2, -0.15) is 0 Å². The highest BCUT2D eigenvalue weighted by Gasteiger charge is 2.04. The molecule has 0 aliphatic rings. The van der Waals surface area contributed by atoms with Crippen LogP contribution in [0.25, 0.3) is 5.57 Å². The molecule has 1 heteroatoms. The molecule has 0 fully saturated rings. The standard InChI is InChI=1S/C17H20O/c1-5-8-9-17(14(4)6-2)15-10-12-16(13-11-15)18-7-3/h2,5,8,10-13H,7,9H2,1,3-4H3. The van der Waals surface area contributed by atoms with Gasteiger partial charge >= 0.3 is 0 Å². The van der Waals surface area contributed by atoms with E-state index < -0.39 is 0 Å². The SMILES string of the molecule is C#CC(C)=C(CC=CC)c1ccc(OCC)cc1. The topological polar surface area (TPSA) is 9.23 Å². The van der Waals surface area contributed by atoms with E-state index in [1.165, 1.54) is 5.57 Å². The van der Waals surface area contributed by atoms with Crippen molar-refractivity contribution in [1.82, 2.24) is 0 Å². The molecule has 0 heterocycles. The van der Waals surface area contributed by atoms with Gasteiger partial charge in [0, 0.05) is 5.57 Å². The summed E-state index contributed by atoms with van der Waals surface area (Å²) >= 11 is 0. The van der Waals surface area contributed by atoms with Crippen LogP contribution >= 0.6 is 0 Å². The molecule has 0 spiro atoms. The molecule has 0 unspecified atom stereocenters. The third-order valence-corrected chi connectivity index (χ3v) is 2.74. The van der Waals surface area contributed by atoms with Crippen LogP contribution in [0.5, 0.6) is 5.75 Å². The fraction of sp³-hybridized carbons (Fsp3) is 0.294. The number of hydrogen-bond donors (Lipinski definition) is 0. The van der Waals surface area contributed by atoms with E-state index in [0.717, 1.165) is 23.3 Å². The number of terminal acetylenes is 1. The molecule has 0 aliphatic heterocycles. The molecule has 1 rings (SSSR count). The summed E-state index contributed by atoms with van der Waals surface area (Å²) in [6, 6.07) is 8.09. The summed E-state index contributed by atoms with van der Waals surface area (Å²) in [6.45, 7) is 6.66. The maximum absolute atomic E-state index is 5.50. The first-order chi connectivity index (χ1) is 8.72. The van der Waals surface area contributed by atoms with Crippen LogP contribution in [0.4, 0.5) is 0 Å². The summed E-state index contributed by atoms with van der Waals surface area (Å²) in [6.07, 6.45) is 10.5. The summed E-state index contributed by atoms with van der Waals surface area (Å²) in [4.78, 5) is 0. The van der Waals surface area contributed by atoms with Crippen molar-refractivity contribution in [3.8, 4) is 18.1 Å². The van der Waals surface area contributed by atoms with Crippen LogP contribution in [0.2, 0.25) is 0 Å². The summed E-state index contributed by atoms with van der Waals surface area (Å²) < 4.78 is 5.44. The molecule has 0 amide bonds. The molecule has 0 N–H and O–H groups in total. The second kappa shape index (κ2) is 7.40. The van der Waals surface area contributed by atoms with Crippen LogP contribution in [-0.2, 0) is 0 Å². The van der Waals surface area contributed by atoms with E-state index in [4.69, 9.17) is 11.2 Å². The average Bonchev–Trinajstić information content (AvgIpc) is 2.41. The molecule has 1 aromatic rings. The van der Waals surface area contributed by atoms with Crippen LogP contribution in [0.15, 0.2) is 42.0 Å². The zero-order chi connectivity index (χ0) is 13.4. The first-order valence-corrected chi connectivity index (χ1v) is 6.23. The van der Waals surface area contributed by atoms with Crippen molar-refractivity contribution in [3.63, 3.8) is 0 Å². The van der Waals surface area contributed by atoms with Gasteiger partial charge in [-0.1, -0.05) is 30.2 Å². The van der Waals surface area contributed by atoms with Crippen LogP contribution in [0, 0.1) is 12.3 Å². The maximum Gasteiger partial charge on any atom is 0.119 e. The van der Waals surface area contributed by atoms with Crippen LogP contribution < -0.4 is 4.74 Å². The van der Waals surface area contributed by atoms with E-state index >= 15 is 0 Å². The molecule has 94 valence electrons. The Hall–Kier alpha value is -1.94. The van der Waals surface area contributed by atoms with Crippen molar-refractivity contribution >= 4 is 5.57 Å². The van der Waals surface area contributed by atoms with E-state index in [1.54, 1.807) is 0 Å². The predicted octanol–water partition coefficient (Wildman–Crippen LogP) is 4.46. The highest BCUT2D eigenvalue weighted by atomic mass is 16.5. The first-order valence-electron chi connectivity index (χ1n) is 6.23. The number of benzene rings is 1. The summed E-state index contributed by atoms with van der Waals surface area (Å²) in [5.74, 6) is 3.62. The fourth-order valence-corrected chi connectivity index (χ4v) is 1.73. The van der Waals surface area contributed by atoms with Crippen molar-refractivity contribution in [2.24, 2.45) is 0 Å². The average molecular weight is 240 g/mol. The van der Waals surface area contributed by atoms with Gasteiger partial charge < -0.3 is 4.74 Å². The highest BCUT2D eigenvalue weighted by molar-refractivity contribution is 5.73. The molecule has 0 radical (unpaired) electrons. The monoisotopic (exact) mass is 240 g/mol. The normalized spacial score (nSPS) is 12.1. The molecular formula is C17H20O. The smallest absolute Gasteiger partial charge is 0.119 e. The Morgan fingerprint density at radius 3 is 2.50 bits per heavy atom. The molecular weight excluding hydrogens is 220 g/mol. The lowest BCUT2D eigenvalue weighted by Crippen LogP contribution is -1.92. The molecule has 0 aromatic heterocycles. The Morgan fingerprint density at radius 2 is 2.00 bits per heavy atom. The van der Waals surface area contributed by atoms with E-state index in [0.29, 0.717) is 6.61 Å². The molecule has 0 atom stereocenters. The molecule has 1 nitrogen and oxygen atoms in total. The number of ether oxygens (including phenoxy) is 1. The van der Waals surface area contributed by atoms with Crippen molar-refractivity contribution in [3.05, 3.63) is 47.6 Å². The molecule has 18 heavy (non-hydrogen) atoms.